The highest BCUT2D eigenvalue weighted by Gasteiger charge is 2.18. The zero-order chi connectivity index (χ0) is 18.5. The van der Waals surface area contributed by atoms with Gasteiger partial charge in [0.05, 0.1) is 24.2 Å². The molecular weight excluding hydrogens is 328 g/mol. The van der Waals surface area contributed by atoms with Gasteiger partial charge in [-0.3, -0.25) is 9.69 Å². The highest BCUT2D eigenvalue weighted by molar-refractivity contribution is 5.80. The zero-order valence-corrected chi connectivity index (χ0v) is 16.1. The second-order valence-corrected chi connectivity index (χ2v) is 7.30. The van der Waals surface area contributed by atoms with E-state index in [0.717, 1.165) is 62.5 Å². The van der Waals surface area contributed by atoms with E-state index in [1.165, 1.54) is 11.1 Å². The second-order valence-electron chi connectivity index (χ2n) is 7.30. The van der Waals surface area contributed by atoms with Crippen molar-refractivity contribution in [2.45, 2.75) is 33.6 Å². The Kier molecular flexibility index (Phi) is 6.27. The van der Waals surface area contributed by atoms with Crippen LogP contribution in [0.2, 0.25) is 0 Å². The lowest BCUT2D eigenvalue weighted by Crippen LogP contribution is -2.42. The van der Waals surface area contributed by atoms with E-state index in [1.807, 2.05) is 6.92 Å². The lowest BCUT2D eigenvalue weighted by atomic mass is 10.1. The molecule has 1 aliphatic heterocycles. The number of H-pyrrole nitrogens is 1. The number of carbonyl (C=O) groups excluding carboxylic acids is 1. The number of hydrogen-bond acceptors (Lipinski definition) is 4. The van der Waals surface area contributed by atoms with Crippen molar-refractivity contribution in [3.63, 3.8) is 0 Å². The molecule has 1 saturated heterocycles. The van der Waals surface area contributed by atoms with E-state index in [4.69, 9.17) is 9.72 Å². The van der Waals surface area contributed by atoms with Gasteiger partial charge in [0.15, 0.2) is 0 Å². The molecule has 3 rings (SSSR count). The fourth-order valence-corrected chi connectivity index (χ4v) is 3.38. The van der Waals surface area contributed by atoms with Gasteiger partial charge in [-0.25, -0.2) is 4.98 Å². The number of aryl methyl sites for hydroxylation is 3. The third-order valence-electron chi connectivity index (χ3n) is 5.20. The number of aromatic amines is 1. The van der Waals surface area contributed by atoms with Crippen molar-refractivity contribution in [3.05, 3.63) is 29.1 Å². The van der Waals surface area contributed by atoms with Crippen LogP contribution in [0, 0.1) is 19.8 Å². The topological polar surface area (TPSA) is 70.2 Å². The molecule has 0 bridgehead atoms. The minimum atomic E-state index is 0.00456. The molecule has 1 fully saturated rings. The standard InChI is InChI=1S/C20H30N4O2/c1-14-6-7-17-19(16(14)3)23-18(22-17)5-4-8-21-20(25)15(2)13-24-9-11-26-12-10-24/h6-7,15H,4-5,8-13H2,1-3H3,(H,21,25)(H,22,23). The Morgan fingerprint density at radius 1 is 1.35 bits per heavy atom. The Labute approximate surface area is 155 Å². The molecule has 0 radical (unpaired) electrons. The molecule has 1 aromatic carbocycles. The Morgan fingerprint density at radius 2 is 2.12 bits per heavy atom. The van der Waals surface area contributed by atoms with Gasteiger partial charge in [-0.1, -0.05) is 13.0 Å². The SMILES string of the molecule is Cc1ccc2[nH]c(CCCNC(=O)C(C)CN3CCOCC3)nc2c1C. The van der Waals surface area contributed by atoms with Gasteiger partial charge in [0.2, 0.25) is 5.91 Å². The Morgan fingerprint density at radius 3 is 2.88 bits per heavy atom. The van der Waals surface area contributed by atoms with Crippen molar-refractivity contribution in [2.24, 2.45) is 5.92 Å². The molecule has 2 N–H and O–H groups in total. The van der Waals surface area contributed by atoms with Gasteiger partial charge in [0.25, 0.3) is 0 Å². The van der Waals surface area contributed by atoms with Crippen LogP contribution in [0.15, 0.2) is 12.1 Å². The summed E-state index contributed by atoms with van der Waals surface area (Å²) in [6.07, 6.45) is 1.72. The summed E-state index contributed by atoms with van der Waals surface area (Å²) in [5, 5.41) is 3.06. The van der Waals surface area contributed by atoms with E-state index in [1.54, 1.807) is 0 Å². The molecular formula is C20H30N4O2. The first-order valence-corrected chi connectivity index (χ1v) is 9.57. The first-order valence-electron chi connectivity index (χ1n) is 9.57. The maximum atomic E-state index is 12.3. The average molecular weight is 358 g/mol. The lowest BCUT2D eigenvalue weighted by Gasteiger charge is -2.28. The first kappa shape index (κ1) is 18.9. The van der Waals surface area contributed by atoms with Crippen molar-refractivity contribution in [1.29, 1.82) is 0 Å². The van der Waals surface area contributed by atoms with Gasteiger partial charge >= 0.3 is 0 Å². The highest BCUT2D eigenvalue weighted by atomic mass is 16.5. The minimum Gasteiger partial charge on any atom is -0.379 e. The van der Waals surface area contributed by atoms with E-state index in [-0.39, 0.29) is 11.8 Å². The van der Waals surface area contributed by atoms with Crippen LogP contribution in [0.3, 0.4) is 0 Å². The Balaban J connectivity index is 1.42. The fourth-order valence-electron chi connectivity index (χ4n) is 3.38. The normalized spacial score (nSPS) is 16.7. The van der Waals surface area contributed by atoms with Crippen LogP contribution < -0.4 is 5.32 Å². The molecule has 2 heterocycles. The van der Waals surface area contributed by atoms with Crippen molar-refractivity contribution in [1.82, 2.24) is 20.2 Å². The number of fused-ring (bicyclic) bond motifs is 1. The highest BCUT2D eigenvalue weighted by Crippen LogP contribution is 2.19. The Hall–Kier alpha value is -1.92. The predicted molar refractivity (Wildman–Crippen MR) is 103 cm³/mol. The fraction of sp³-hybridized carbons (Fsp3) is 0.600. The number of benzene rings is 1. The summed E-state index contributed by atoms with van der Waals surface area (Å²) in [7, 11) is 0. The van der Waals surface area contributed by atoms with Crippen LogP contribution in [0.25, 0.3) is 11.0 Å². The zero-order valence-electron chi connectivity index (χ0n) is 16.1. The Bertz CT molecular complexity index is 750. The number of nitrogens with one attached hydrogen (secondary N) is 2. The summed E-state index contributed by atoms with van der Waals surface area (Å²) in [5.41, 5.74) is 4.64. The average Bonchev–Trinajstić information content (AvgIpc) is 3.06. The van der Waals surface area contributed by atoms with Crippen molar-refractivity contribution >= 4 is 16.9 Å². The van der Waals surface area contributed by atoms with Crippen LogP contribution in [-0.4, -0.2) is 60.2 Å². The van der Waals surface area contributed by atoms with Gasteiger partial charge in [-0.15, -0.1) is 0 Å². The van der Waals surface area contributed by atoms with E-state index >= 15 is 0 Å². The van der Waals surface area contributed by atoms with Crippen molar-refractivity contribution < 1.29 is 9.53 Å². The summed E-state index contributed by atoms with van der Waals surface area (Å²) in [6.45, 7) is 11.1. The molecule has 1 aliphatic rings. The van der Waals surface area contributed by atoms with E-state index in [2.05, 4.69) is 41.2 Å². The smallest absolute Gasteiger partial charge is 0.224 e. The molecule has 1 atom stereocenters. The van der Waals surface area contributed by atoms with Crippen LogP contribution in [0.5, 0.6) is 0 Å². The minimum absolute atomic E-state index is 0.00456. The number of amides is 1. The molecule has 1 unspecified atom stereocenters. The molecule has 142 valence electrons. The number of hydrogen-bond donors (Lipinski definition) is 2. The molecule has 1 aromatic heterocycles. The van der Waals surface area contributed by atoms with Crippen LogP contribution in [0.1, 0.15) is 30.3 Å². The number of nitrogens with zero attached hydrogens (tertiary/aromatic N) is 2. The molecule has 0 aliphatic carbocycles. The first-order chi connectivity index (χ1) is 12.5. The quantitative estimate of drug-likeness (QED) is 0.745. The number of aromatic nitrogens is 2. The van der Waals surface area contributed by atoms with Gasteiger partial charge in [0.1, 0.15) is 5.82 Å². The van der Waals surface area contributed by atoms with E-state index < -0.39 is 0 Å². The van der Waals surface area contributed by atoms with E-state index in [0.29, 0.717) is 6.54 Å². The summed E-state index contributed by atoms with van der Waals surface area (Å²) < 4.78 is 5.35. The monoisotopic (exact) mass is 358 g/mol. The van der Waals surface area contributed by atoms with Gasteiger partial charge in [0, 0.05) is 38.5 Å². The number of rotatable bonds is 7. The van der Waals surface area contributed by atoms with Crippen molar-refractivity contribution in [2.75, 3.05) is 39.4 Å². The van der Waals surface area contributed by atoms with Crippen LogP contribution in [-0.2, 0) is 16.0 Å². The van der Waals surface area contributed by atoms with Crippen LogP contribution >= 0.6 is 0 Å². The van der Waals surface area contributed by atoms with Gasteiger partial charge in [-0.05, 0) is 37.5 Å². The van der Waals surface area contributed by atoms with Gasteiger partial charge < -0.3 is 15.0 Å². The third kappa shape index (κ3) is 4.62. The van der Waals surface area contributed by atoms with Crippen LogP contribution in [0.4, 0.5) is 0 Å². The second kappa shape index (κ2) is 8.64. The van der Waals surface area contributed by atoms with Gasteiger partial charge in [-0.2, -0.15) is 0 Å². The predicted octanol–water partition coefficient (Wildman–Crippen LogP) is 2.20. The van der Waals surface area contributed by atoms with E-state index in [9.17, 15) is 4.79 Å². The molecule has 0 saturated carbocycles. The van der Waals surface area contributed by atoms with Crippen molar-refractivity contribution in [3.8, 4) is 0 Å². The molecule has 26 heavy (non-hydrogen) atoms. The summed E-state index contributed by atoms with van der Waals surface area (Å²) in [4.78, 5) is 22.7. The summed E-state index contributed by atoms with van der Waals surface area (Å²) in [5.74, 6) is 1.13. The maximum Gasteiger partial charge on any atom is 0.224 e. The number of carbonyl (C=O) groups is 1. The maximum absolute atomic E-state index is 12.3. The largest absolute Gasteiger partial charge is 0.379 e. The molecule has 6 heteroatoms. The number of ether oxygens (including phenoxy) is 1. The molecule has 2 aromatic rings. The third-order valence-corrected chi connectivity index (χ3v) is 5.20. The lowest BCUT2D eigenvalue weighted by molar-refractivity contribution is -0.125. The molecule has 0 spiro atoms. The summed E-state index contributed by atoms with van der Waals surface area (Å²) in [6, 6.07) is 4.21. The number of imidazole rings is 1. The summed E-state index contributed by atoms with van der Waals surface area (Å²) >= 11 is 0. The number of morpholine rings is 1. The molecule has 1 amide bonds. The molecule has 6 nitrogen and oxygen atoms in total.